The van der Waals surface area contributed by atoms with Gasteiger partial charge in [0.2, 0.25) is 0 Å². The molecule has 1 heterocycles. The predicted octanol–water partition coefficient (Wildman–Crippen LogP) is 1.94. The molecule has 1 fully saturated rings. The lowest BCUT2D eigenvalue weighted by molar-refractivity contribution is -0.0356. The number of ether oxygens (including phenoxy) is 2. The van der Waals surface area contributed by atoms with Crippen LogP contribution in [0.25, 0.3) is 0 Å². The molecule has 1 saturated heterocycles. The molecule has 1 atom stereocenters. The van der Waals surface area contributed by atoms with Gasteiger partial charge in [0.15, 0.2) is 11.6 Å². The van der Waals surface area contributed by atoms with Crippen molar-refractivity contribution in [2.45, 2.75) is 6.10 Å². The number of nitrogens with zero attached hydrogens (tertiary/aromatic N) is 1. The SMILES string of the molecule is C=CCNC(=O)N1CCO[C@H](COc2ccc(F)cc2F)C1. The zero-order valence-corrected chi connectivity index (χ0v) is 12.1. The number of morpholine rings is 1. The molecular weight excluding hydrogens is 294 g/mol. The number of benzene rings is 1. The van der Waals surface area contributed by atoms with E-state index in [0.717, 1.165) is 12.1 Å². The van der Waals surface area contributed by atoms with Gasteiger partial charge in [-0.3, -0.25) is 0 Å². The fraction of sp³-hybridized carbons (Fsp3) is 0.400. The lowest BCUT2D eigenvalue weighted by Gasteiger charge is -2.32. The molecule has 2 rings (SSSR count). The number of amides is 2. The molecule has 120 valence electrons. The van der Waals surface area contributed by atoms with E-state index in [9.17, 15) is 13.6 Å². The highest BCUT2D eigenvalue weighted by molar-refractivity contribution is 5.74. The molecule has 5 nitrogen and oxygen atoms in total. The maximum Gasteiger partial charge on any atom is 0.317 e. The first-order valence-corrected chi connectivity index (χ1v) is 6.93. The summed E-state index contributed by atoms with van der Waals surface area (Å²) in [5.41, 5.74) is 0. The van der Waals surface area contributed by atoms with Crippen molar-refractivity contribution in [3.8, 4) is 5.75 Å². The van der Waals surface area contributed by atoms with Gasteiger partial charge in [-0.05, 0) is 12.1 Å². The monoisotopic (exact) mass is 312 g/mol. The van der Waals surface area contributed by atoms with E-state index in [2.05, 4.69) is 11.9 Å². The van der Waals surface area contributed by atoms with Crippen molar-refractivity contribution in [3.05, 3.63) is 42.5 Å². The second-order valence-corrected chi connectivity index (χ2v) is 4.80. The van der Waals surface area contributed by atoms with Crippen LogP contribution in [0.3, 0.4) is 0 Å². The van der Waals surface area contributed by atoms with Gasteiger partial charge >= 0.3 is 6.03 Å². The van der Waals surface area contributed by atoms with Gasteiger partial charge in [0.25, 0.3) is 0 Å². The maximum absolute atomic E-state index is 13.5. The first-order valence-electron chi connectivity index (χ1n) is 6.93. The van der Waals surface area contributed by atoms with E-state index >= 15 is 0 Å². The normalized spacial score (nSPS) is 17.9. The summed E-state index contributed by atoms with van der Waals surface area (Å²) in [6.07, 6.45) is 1.23. The molecule has 1 aliphatic heterocycles. The highest BCUT2D eigenvalue weighted by Crippen LogP contribution is 2.18. The molecule has 0 spiro atoms. The Kier molecular flexibility index (Phi) is 5.71. The first-order chi connectivity index (χ1) is 10.6. The number of hydrogen-bond acceptors (Lipinski definition) is 3. The summed E-state index contributed by atoms with van der Waals surface area (Å²) in [7, 11) is 0. The minimum atomic E-state index is -0.767. The quantitative estimate of drug-likeness (QED) is 0.846. The largest absolute Gasteiger partial charge is 0.488 e. The third-order valence-electron chi connectivity index (χ3n) is 3.14. The molecule has 0 aromatic heterocycles. The third-order valence-corrected chi connectivity index (χ3v) is 3.14. The maximum atomic E-state index is 13.5. The van der Waals surface area contributed by atoms with E-state index in [4.69, 9.17) is 9.47 Å². The zero-order valence-electron chi connectivity index (χ0n) is 12.1. The average Bonchev–Trinajstić information content (AvgIpc) is 2.52. The van der Waals surface area contributed by atoms with Crippen LogP contribution < -0.4 is 10.1 Å². The second kappa shape index (κ2) is 7.74. The van der Waals surface area contributed by atoms with Crippen LogP contribution in [0, 0.1) is 11.6 Å². The summed E-state index contributed by atoms with van der Waals surface area (Å²) in [6.45, 7) is 5.19. The number of carbonyl (C=O) groups excluding carboxylic acids is 1. The molecule has 22 heavy (non-hydrogen) atoms. The van der Waals surface area contributed by atoms with Crippen LogP contribution in [-0.2, 0) is 4.74 Å². The lowest BCUT2D eigenvalue weighted by atomic mass is 10.3. The molecule has 0 bridgehead atoms. The first kappa shape index (κ1) is 16.2. The number of rotatable bonds is 5. The van der Waals surface area contributed by atoms with Gasteiger partial charge in [-0.15, -0.1) is 6.58 Å². The van der Waals surface area contributed by atoms with E-state index in [1.165, 1.54) is 6.07 Å². The van der Waals surface area contributed by atoms with Crippen molar-refractivity contribution in [1.82, 2.24) is 10.2 Å². The van der Waals surface area contributed by atoms with Gasteiger partial charge in [0, 0.05) is 19.2 Å². The Morgan fingerprint density at radius 2 is 2.36 bits per heavy atom. The molecule has 1 N–H and O–H groups in total. The van der Waals surface area contributed by atoms with Gasteiger partial charge in [0.05, 0.1) is 13.2 Å². The van der Waals surface area contributed by atoms with Crippen molar-refractivity contribution < 1.29 is 23.0 Å². The summed E-state index contributed by atoms with van der Waals surface area (Å²) in [4.78, 5) is 13.4. The molecule has 1 aliphatic rings. The minimum absolute atomic E-state index is 0.0433. The van der Waals surface area contributed by atoms with Crippen LogP contribution in [0.15, 0.2) is 30.9 Å². The highest BCUT2D eigenvalue weighted by Gasteiger charge is 2.24. The van der Waals surface area contributed by atoms with Crippen molar-refractivity contribution in [2.75, 3.05) is 32.8 Å². The minimum Gasteiger partial charge on any atom is -0.488 e. The summed E-state index contributed by atoms with van der Waals surface area (Å²) in [5, 5.41) is 2.68. The Morgan fingerprint density at radius 3 is 3.09 bits per heavy atom. The van der Waals surface area contributed by atoms with Crippen LogP contribution in [0.2, 0.25) is 0 Å². The van der Waals surface area contributed by atoms with Crippen LogP contribution in [-0.4, -0.2) is 49.9 Å². The third kappa shape index (κ3) is 4.42. The molecule has 0 unspecified atom stereocenters. The molecule has 0 radical (unpaired) electrons. The summed E-state index contributed by atoms with van der Waals surface area (Å²) >= 11 is 0. The van der Waals surface area contributed by atoms with Gasteiger partial charge in [-0.1, -0.05) is 6.08 Å². The fourth-order valence-electron chi connectivity index (χ4n) is 2.05. The van der Waals surface area contributed by atoms with E-state index in [1.807, 2.05) is 0 Å². The molecule has 0 aliphatic carbocycles. The van der Waals surface area contributed by atoms with E-state index in [1.54, 1.807) is 11.0 Å². The van der Waals surface area contributed by atoms with Crippen molar-refractivity contribution in [1.29, 1.82) is 0 Å². The van der Waals surface area contributed by atoms with Crippen molar-refractivity contribution in [3.63, 3.8) is 0 Å². The molecule has 0 saturated carbocycles. The summed E-state index contributed by atoms with van der Waals surface area (Å²) in [6, 6.07) is 2.89. The topological polar surface area (TPSA) is 50.8 Å². The van der Waals surface area contributed by atoms with Gasteiger partial charge in [-0.2, -0.15) is 0 Å². The Hall–Kier alpha value is -2.15. The summed E-state index contributed by atoms with van der Waals surface area (Å²) < 4.78 is 37.0. The second-order valence-electron chi connectivity index (χ2n) is 4.80. The molecule has 7 heteroatoms. The number of hydrogen-bond donors (Lipinski definition) is 1. The molecular formula is C15H18F2N2O3. The van der Waals surface area contributed by atoms with Crippen LogP contribution >= 0.6 is 0 Å². The summed E-state index contributed by atoms with van der Waals surface area (Å²) in [5.74, 6) is -1.47. The molecule has 1 aromatic carbocycles. The Bertz CT molecular complexity index is 540. The van der Waals surface area contributed by atoms with E-state index < -0.39 is 11.6 Å². The number of nitrogens with one attached hydrogen (secondary N) is 1. The fourth-order valence-corrected chi connectivity index (χ4v) is 2.05. The highest BCUT2D eigenvalue weighted by atomic mass is 19.1. The Balaban J connectivity index is 1.85. The predicted molar refractivity (Wildman–Crippen MR) is 76.8 cm³/mol. The van der Waals surface area contributed by atoms with Gasteiger partial charge < -0.3 is 19.7 Å². The Labute approximate surface area is 127 Å². The molecule has 1 aromatic rings. The Morgan fingerprint density at radius 1 is 1.55 bits per heavy atom. The smallest absolute Gasteiger partial charge is 0.317 e. The van der Waals surface area contributed by atoms with E-state index in [-0.39, 0.29) is 24.5 Å². The number of carbonyl (C=O) groups is 1. The van der Waals surface area contributed by atoms with Crippen LogP contribution in [0.1, 0.15) is 0 Å². The standard InChI is InChI=1S/C15H18F2N2O3/c1-2-5-18-15(20)19-6-7-21-12(9-19)10-22-14-4-3-11(16)8-13(14)17/h2-4,8,12H,1,5-7,9-10H2,(H,18,20)/t12-/m0/s1. The number of halogens is 2. The lowest BCUT2D eigenvalue weighted by Crippen LogP contribution is -2.51. The van der Waals surface area contributed by atoms with Crippen LogP contribution in [0.4, 0.5) is 13.6 Å². The number of urea groups is 1. The van der Waals surface area contributed by atoms with Crippen molar-refractivity contribution in [2.24, 2.45) is 0 Å². The van der Waals surface area contributed by atoms with Gasteiger partial charge in [0.1, 0.15) is 18.5 Å². The van der Waals surface area contributed by atoms with Crippen molar-refractivity contribution >= 4 is 6.03 Å². The molecule has 2 amide bonds. The average molecular weight is 312 g/mol. The van der Waals surface area contributed by atoms with E-state index in [0.29, 0.717) is 26.2 Å². The van der Waals surface area contributed by atoms with Gasteiger partial charge in [-0.25, -0.2) is 13.6 Å². The van der Waals surface area contributed by atoms with Crippen LogP contribution in [0.5, 0.6) is 5.75 Å². The zero-order chi connectivity index (χ0) is 15.9.